The lowest BCUT2D eigenvalue weighted by molar-refractivity contribution is -0.117. The molecule has 3 rings (SSSR count). The van der Waals surface area contributed by atoms with Crippen LogP contribution in [0.25, 0.3) is 0 Å². The van der Waals surface area contributed by atoms with Crippen LogP contribution in [0.1, 0.15) is 23.2 Å². The molecule has 2 amide bonds. The fraction of sp³-hybridized carbons (Fsp3) is 0.222. The molecule has 0 spiro atoms. The summed E-state index contributed by atoms with van der Waals surface area (Å²) in [6, 6.07) is 10.7. The summed E-state index contributed by atoms with van der Waals surface area (Å²) in [6.45, 7) is 0.531. The fourth-order valence-electron chi connectivity index (χ4n) is 2.83. The van der Waals surface area contributed by atoms with E-state index in [1.54, 1.807) is 35.2 Å². The Balaban J connectivity index is 1.93. The molecule has 1 fully saturated rings. The zero-order chi connectivity index (χ0) is 18.9. The van der Waals surface area contributed by atoms with E-state index in [2.05, 4.69) is 5.32 Å². The number of hydrogen-bond donors (Lipinski definition) is 1. The summed E-state index contributed by atoms with van der Waals surface area (Å²) < 4.78 is 23.3. The van der Waals surface area contributed by atoms with E-state index in [0.717, 1.165) is 12.7 Å². The molecule has 26 heavy (non-hydrogen) atoms. The first kappa shape index (κ1) is 18.4. The van der Waals surface area contributed by atoms with Crippen molar-refractivity contribution >= 4 is 44.6 Å². The quantitative estimate of drug-likeness (QED) is 0.866. The van der Waals surface area contributed by atoms with Gasteiger partial charge in [-0.05, 0) is 42.8 Å². The molecule has 1 heterocycles. The van der Waals surface area contributed by atoms with Crippen LogP contribution in [0.5, 0.6) is 0 Å². The van der Waals surface area contributed by atoms with Crippen molar-refractivity contribution < 1.29 is 18.0 Å². The predicted octanol–water partition coefficient (Wildman–Crippen LogP) is 3.12. The van der Waals surface area contributed by atoms with Crippen molar-refractivity contribution in [3.8, 4) is 0 Å². The van der Waals surface area contributed by atoms with E-state index in [1.807, 2.05) is 0 Å². The summed E-state index contributed by atoms with van der Waals surface area (Å²) in [6.07, 6.45) is 2.26. The Kier molecular flexibility index (Phi) is 5.02. The van der Waals surface area contributed by atoms with Crippen LogP contribution in [-0.2, 0) is 14.6 Å². The predicted molar refractivity (Wildman–Crippen MR) is 101 cm³/mol. The van der Waals surface area contributed by atoms with Gasteiger partial charge in [0.2, 0.25) is 5.91 Å². The molecule has 1 aliphatic rings. The second kappa shape index (κ2) is 7.09. The standard InChI is InChI=1S/C18H17ClN2O4S/c1-26(24,25)14-5-2-4-13(11-14)20-18(23)15-8-7-12(19)10-16(15)21-9-3-6-17(21)22/h2,4-5,7-8,10-11H,3,6,9H2,1H3,(H,20,23). The molecule has 1 N–H and O–H groups in total. The third-order valence-corrected chi connectivity index (χ3v) is 5.43. The topological polar surface area (TPSA) is 83.6 Å². The van der Waals surface area contributed by atoms with Crippen LogP contribution in [0.4, 0.5) is 11.4 Å². The van der Waals surface area contributed by atoms with Gasteiger partial charge in [-0.1, -0.05) is 17.7 Å². The van der Waals surface area contributed by atoms with Crippen LogP contribution >= 0.6 is 11.6 Å². The van der Waals surface area contributed by atoms with E-state index < -0.39 is 15.7 Å². The van der Waals surface area contributed by atoms with Gasteiger partial charge in [0.25, 0.3) is 5.91 Å². The Morgan fingerprint density at radius 3 is 2.62 bits per heavy atom. The molecule has 136 valence electrons. The Labute approximate surface area is 156 Å². The largest absolute Gasteiger partial charge is 0.322 e. The number of rotatable bonds is 4. The molecule has 2 aromatic carbocycles. The summed E-state index contributed by atoms with van der Waals surface area (Å²) >= 11 is 6.04. The molecule has 1 saturated heterocycles. The number of carbonyl (C=O) groups is 2. The molecular formula is C18H17ClN2O4S. The van der Waals surface area contributed by atoms with E-state index in [1.165, 1.54) is 12.1 Å². The second-order valence-corrected chi connectivity index (χ2v) is 8.52. The first-order valence-corrected chi connectivity index (χ1v) is 10.2. The maximum absolute atomic E-state index is 12.7. The number of amides is 2. The van der Waals surface area contributed by atoms with Gasteiger partial charge in [-0.25, -0.2) is 8.42 Å². The molecule has 8 heteroatoms. The fourth-order valence-corrected chi connectivity index (χ4v) is 3.66. The van der Waals surface area contributed by atoms with Gasteiger partial charge < -0.3 is 10.2 Å². The van der Waals surface area contributed by atoms with Gasteiger partial charge in [0.05, 0.1) is 16.1 Å². The SMILES string of the molecule is CS(=O)(=O)c1cccc(NC(=O)c2ccc(Cl)cc2N2CCCC2=O)c1. The normalized spacial score (nSPS) is 14.5. The highest BCUT2D eigenvalue weighted by molar-refractivity contribution is 7.90. The maximum atomic E-state index is 12.7. The van der Waals surface area contributed by atoms with Crippen LogP contribution in [0.15, 0.2) is 47.4 Å². The molecule has 0 unspecified atom stereocenters. The van der Waals surface area contributed by atoms with Gasteiger partial charge in [0.1, 0.15) is 0 Å². The lowest BCUT2D eigenvalue weighted by atomic mass is 10.1. The molecule has 0 saturated carbocycles. The number of hydrogen-bond acceptors (Lipinski definition) is 4. The summed E-state index contributed by atoms with van der Waals surface area (Å²) in [5.74, 6) is -0.498. The van der Waals surface area contributed by atoms with E-state index in [4.69, 9.17) is 11.6 Å². The van der Waals surface area contributed by atoms with Crippen molar-refractivity contribution in [3.05, 3.63) is 53.1 Å². The Morgan fingerprint density at radius 2 is 1.96 bits per heavy atom. The van der Waals surface area contributed by atoms with Crippen LogP contribution in [0, 0.1) is 0 Å². The number of carbonyl (C=O) groups excluding carboxylic acids is 2. The smallest absolute Gasteiger partial charge is 0.257 e. The Hall–Kier alpha value is -2.38. The molecule has 0 bridgehead atoms. The number of sulfone groups is 1. The average Bonchev–Trinajstić information content (AvgIpc) is 3.00. The van der Waals surface area contributed by atoms with Gasteiger partial charge >= 0.3 is 0 Å². The lowest BCUT2D eigenvalue weighted by Gasteiger charge is -2.20. The van der Waals surface area contributed by atoms with Crippen molar-refractivity contribution in [2.24, 2.45) is 0 Å². The van der Waals surface area contributed by atoms with Gasteiger partial charge in [-0.2, -0.15) is 0 Å². The third kappa shape index (κ3) is 3.89. The molecule has 1 aliphatic heterocycles. The van der Waals surface area contributed by atoms with Gasteiger partial charge in [-0.3, -0.25) is 9.59 Å². The van der Waals surface area contributed by atoms with Crippen LogP contribution in [0.3, 0.4) is 0 Å². The van der Waals surface area contributed by atoms with Crippen molar-refractivity contribution in [2.45, 2.75) is 17.7 Å². The zero-order valence-corrected chi connectivity index (χ0v) is 15.6. The molecule has 0 aromatic heterocycles. The molecule has 2 aromatic rings. The van der Waals surface area contributed by atoms with E-state index in [9.17, 15) is 18.0 Å². The van der Waals surface area contributed by atoms with Crippen molar-refractivity contribution in [2.75, 3.05) is 23.0 Å². The van der Waals surface area contributed by atoms with Crippen LogP contribution in [-0.4, -0.2) is 33.0 Å². The number of benzene rings is 2. The van der Waals surface area contributed by atoms with E-state index >= 15 is 0 Å². The minimum atomic E-state index is -3.38. The van der Waals surface area contributed by atoms with E-state index in [0.29, 0.717) is 34.9 Å². The van der Waals surface area contributed by atoms with Crippen LogP contribution < -0.4 is 10.2 Å². The lowest BCUT2D eigenvalue weighted by Crippen LogP contribution is -2.27. The maximum Gasteiger partial charge on any atom is 0.257 e. The second-order valence-electron chi connectivity index (χ2n) is 6.06. The van der Waals surface area contributed by atoms with Crippen molar-refractivity contribution in [1.82, 2.24) is 0 Å². The molecule has 6 nitrogen and oxygen atoms in total. The summed E-state index contributed by atoms with van der Waals surface area (Å²) in [7, 11) is -3.38. The Morgan fingerprint density at radius 1 is 1.19 bits per heavy atom. The Bertz CT molecular complexity index is 988. The van der Waals surface area contributed by atoms with Crippen molar-refractivity contribution in [1.29, 1.82) is 0 Å². The molecular weight excluding hydrogens is 376 g/mol. The van der Waals surface area contributed by atoms with Crippen molar-refractivity contribution in [3.63, 3.8) is 0 Å². The molecule has 0 atom stereocenters. The average molecular weight is 393 g/mol. The highest BCUT2D eigenvalue weighted by atomic mass is 35.5. The van der Waals surface area contributed by atoms with Gasteiger partial charge in [0, 0.05) is 29.9 Å². The number of halogens is 1. The molecule has 0 aliphatic carbocycles. The highest BCUT2D eigenvalue weighted by Gasteiger charge is 2.26. The number of nitrogens with zero attached hydrogens (tertiary/aromatic N) is 1. The molecule has 0 radical (unpaired) electrons. The summed E-state index contributed by atoms with van der Waals surface area (Å²) in [5, 5.41) is 3.11. The zero-order valence-electron chi connectivity index (χ0n) is 14.0. The number of nitrogens with one attached hydrogen (secondary N) is 1. The highest BCUT2D eigenvalue weighted by Crippen LogP contribution is 2.29. The monoisotopic (exact) mass is 392 g/mol. The summed E-state index contributed by atoms with van der Waals surface area (Å²) in [5.41, 5.74) is 1.11. The first-order chi connectivity index (χ1) is 12.3. The van der Waals surface area contributed by atoms with E-state index in [-0.39, 0.29) is 10.8 Å². The minimum Gasteiger partial charge on any atom is -0.322 e. The minimum absolute atomic E-state index is 0.0552. The van der Waals surface area contributed by atoms with Gasteiger partial charge in [0.15, 0.2) is 9.84 Å². The van der Waals surface area contributed by atoms with Crippen LogP contribution in [0.2, 0.25) is 5.02 Å². The van der Waals surface area contributed by atoms with Gasteiger partial charge in [-0.15, -0.1) is 0 Å². The summed E-state index contributed by atoms with van der Waals surface area (Å²) in [4.78, 5) is 26.4. The third-order valence-electron chi connectivity index (χ3n) is 4.09. The first-order valence-electron chi connectivity index (χ1n) is 7.97. The number of anilines is 2.